The summed E-state index contributed by atoms with van der Waals surface area (Å²) in [6, 6.07) is 12.6. The molecule has 24 heavy (non-hydrogen) atoms. The number of ether oxygens (including phenoxy) is 1. The quantitative estimate of drug-likeness (QED) is 0.847. The van der Waals surface area contributed by atoms with E-state index in [2.05, 4.69) is 45.2 Å². The zero-order valence-corrected chi connectivity index (χ0v) is 13.6. The lowest BCUT2D eigenvalue weighted by molar-refractivity contribution is 0.250. The molecule has 5 nitrogen and oxygen atoms in total. The maximum atomic E-state index is 9.23. The number of para-hydroxylation sites is 1. The molecule has 2 heterocycles. The van der Waals surface area contributed by atoms with E-state index < -0.39 is 0 Å². The van der Waals surface area contributed by atoms with Gasteiger partial charge in [-0.15, -0.1) is 0 Å². The van der Waals surface area contributed by atoms with Crippen LogP contribution in [-0.4, -0.2) is 29.7 Å². The SMILES string of the molecule is N#Cc1cnc(C2CC2)nc1OCC1CCN(c2ccccc2)C1. The molecule has 2 fully saturated rings. The molecular formula is C19H20N4O. The Morgan fingerprint density at radius 3 is 2.79 bits per heavy atom. The standard InChI is InChI=1S/C19H20N4O/c20-10-16-11-21-18(15-6-7-15)22-19(16)24-13-14-8-9-23(12-14)17-4-2-1-3-5-17/h1-5,11,14-15H,6-9,12-13H2. The van der Waals surface area contributed by atoms with Gasteiger partial charge in [0.05, 0.1) is 12.8 Å². The van der Waals surface area contributed by atoms with Gasteiger partial charge in [0.15, 0.2) is 0 Å². The lowest BCUT2D eigenvalue weighted by Gasteiger charge is -2.18. The highest BCUT2D eigenvalue weighted by atomic mass is 16.5. The molecule has 0 radical (unpaired) electrons. The van der Waals surface area contributed by atoms with Crippen LogP contribution >= 0.6 is 0 Å². The topological polar surface area (TPSA) is 62.0 Å². The molecule has 1 saturated heterocycles. The van der Waals surface area contributed by atoms with Crippen LogP contribution in [0.4, 0.5) is 5.69 Å². The molecule has 1 aliphatic carbocycles. The summed E-state index contributed by atoms with van der Waals surface area (Å²) < 4.78 is 5.91. The fourth-order valence-electron chi connectivity index (χ4n) is 3.14. The Kier molecular flexibility index (Phi) is 4.04. The summed E-state index contributed by atoms with van der Waals surface area (Å²) in [5.41, 5.74) is 1.69. The molecule has 5 heteroatoms. The third-order valence-electron chi connectivity index (χ3n) is 4.70. The van der Waals surface area contributed by atoms with Gasteiger partial charge in [-0.2, -0.15) is 10.2 Å². The molecule has 0 bridgehead atoms. The molecule has 1 saturated carbocycles. The number of nitriles is 1. The monoisotopic (exact) mass is 320 g/mol. The number of nitrogens with zero attached hydrogens (tertiary/aromatic N) is 4. The van der Waals surface area contributed by atoms with Crippen LogP contribution in [0.3, 0.4) is 0 Å². The van der Waals surface area contributed by atoms with Crippen LogP contribution < -0.4 is 9.64 Å². The summed E-state index contributed by atoms with van der Waals surface area (Å²) in [5.74, 6) is 2.19. The van der Waals surface area contributed by atoms with Crippen molar-refractivity contribution in [3.8, 4) is 11.9 Å². The third kappa shape index (κ3) is 3.18. The maximum Gasteiger partial charge on any atom is 0.235 e. The van der Waals surface area contributed by atoms with Gasteiger partial charge in [0.2, 0.25) is 5.88 Å². The minimum Gasteiger partial charge on any atom is -0.476 e. The number of hydrogen-bond acceptors (Lipinski definition) is 5. The fraction of sp³-hybridized carbons (Fsp3) is 0.421. The number of anilines is 1. The highest BCUT2D eigenvalue weighted by Gasteiger charge is 2.28. The second-order valence-corrected chi connectivity index (χ2v) is 6.58. The summed E-state index contributed by atoms with van der Waals surface area (Å²) in [4.78, 5) is 11.1. The van der Waals surface area contributed by atoms with E-state index in [9.17, 15) is 5.26 Å². The van der Waals surface area contributed by atoms with Crippen LogP contribution in [0.5, 0.6) is 5.88 Å². The van der Waals surface area contributed by atoms with Crippen molar-refractivity contribution in [1.82, 2.24) is 9.97 Å². The van der Waals surface area contributed by atoms with Crippen molar-refractivity contribution in [2.24, 2.45) is 5.92 Å². The van der Waals surface area contributed by atoms with Gasteiger partial charge in [0, 0.05) is 30.6 Å². The Morgan fingerprint density at radius 2 is 2.04 bits per heavy atom. The number of aromatic nitrogens is 2. The van der Waals surface area contributed by atoms with E-state index in [1.54, 1.807) is 6.20 Å². The third-order valence-corrected chi connectivity index (χ3v) is 4.70. The van der Waals surface area contributed by atoms with Crippen LogP contribution in [0.1, 0.15) is 36.6 Å². The molecule has 1 aromatic heterocycles. The van der Waals surface area contributed by atoms with E-state index >= 15 is 0 Å². The second kappa shape index (κ2) is 6.48. The van der Waals surface area contributed by atoms with Crippen LogP contribution in [0.2, 0.25) is 0 Å². The molecule has 0 N–H and O–H groups in total. The van der Waals surface area contributed by atoms with Crippen molar-refractivity contribution in [3.05, 3.63) is 47.9 Å². The number of rotatable bonds is 5. The van der Waals surface area contributed by atoms with E-state index in [1.807, 2.05) is 6.07 Å². The van der Waals surface area contributed by atoms with Gasteiger partial charge in [-0.05, 0) is 31.4 Å². The van der Waals surface area contributed by atoms with Gasteiger partial charge in [-0.3, -0.25) is 0 Å². The predicted octanol–water partition coefficient (Wildman–Crippen LogP) is 3.13. The van der Waals surface area contributed by atoms with Gasteiger partial charge < -0.3 is 9.64 Å². The smallest absolute Gasteiger partial charge is 0.235 e. The first-order chi connectivity index (χ1) is 11.8. The normalized spacial score (nSPS) is 20.0. The van der Waals surface area contributed by atoms with E-state index in [1.165, 1.54) is 5.69 Å². The number of hydrogen-bond donors (Lipinski definition) is 0. The Labute approximate surface area is 141 Å². The second-order valence-electron chi connectivity index (χ2n) is 6.58. The van der Waals surface area contributed by atoms with Crippen LogP contribution in [0.25, 0.3) is 0 Å². The van der Waals surface area contributed by atoms with Crippen molar-refractivity contribution in [3.63, 3.8) is 0 Å². The van der Waals surface area contributed by atoms with Crippen LogP contribution in [-0.2, 0) is 0 Å². The van der Waals surface area contributed by atoms with Gasteiger partial charge in [-0.25, -0.2) is 4.98 Å². The largest absolute Gasteiger partial charge is 0.476 e. The van der Waals surface area contributed by atoms with Crippen molar-refractivity contribution < 1.29 is 4.74 Å². The lowest BCUT2D eigenvalue weighted by Crippen LogP contribution is -2.22. The van der Waals surface area contributed by atoms with Crippen molar-refractivity contribution in [2.45, 2.75) is 25.2 Å². The summed E-state index contributed by atoms with van der Waals surface area (Å²) in [6.07, 6.45) is 4.97. The molecule has 2 aliphatic rings. The molecule has 1 aromatic carbocycles. The van der Waals surface area contributed by atoms with Crippen molar-refractivity contribution in [2.75, 3.05) is 24.6 Å². The Bertz CT molecular complexity index is 752. The van der Waals surface area contributed by atoms with Gasteiger partial charge >= 0.3 is 0 Å². The molecule has 4 rings (SSSR count). The first-order valence-electron chi connectivity index (χ1n) is 8.53. The molecule has 0 spiro atoms. The minimum atomic E-state index is 0.428. The number of benzene rings is 1. The maximum absolute atomic E-state index is 9.23. The fourth-order valence-corrected chi connectivity index (χ4v) is 3.14. The average molecular weight is 320 g/mol. The molecular weight excluding hydrogens is 300 g/mol. The van der Waals surface area contributed by atoms with Gasteiger partial charge in [0.1, 0.15) is 17.5 Å². The Morgan fingerprint density at radius 1 is 1.21 bits per heavy atom. The van der Waals surface area contributed by atoms with Crippen LogP contribution in [0, 0.1) is 17.2 Å². The van der Waals surface area contributed by atoms with E-state index in [-0.39, 0.29) is 0 Å². The van der Waals surface area contributed by atoms with Crippen molar-refractivity contribution >= 4 is 5.69 Å². The molecule has 1 unspecified atom stereocenters. The Hall–Kier alpha value is -2.61. The first-order valence-corrected chi connectivity index (χ1v) is 8.53. The zero-order chi connectivity index (χ0) is 16.4. The van der Waals surface area contributed by atoms with Crippen LogP contribution in [0.15, 0.2) is 36.5 Å². The summed E-state index contributed by atoms with van der Waals surface area (Å²) >= 11 is 0. The van der Waals surface area contributed by atoms with Gasteiger partial charge in [-0.1, -0.05) is 18.2 Å². The van der Waals surface area contributed by atoms with E-state index in [0.29, 0.717) is 29.9 Å². The highest BCUT2D eigenvalue weighted by Crippen LogP contribution is 2.38. The average Bonchev–Trinajstić information content (AvgIpc) is 3.38. The Balaban J connectivity index is 1.39. The van der Waals surface area contributed by atoms with E-state index in [0.717, 1.165) is 38.2 Å². The summed E-state index contributed by atoms with van der Waals surface area (Å²) in [7, 11) is 0. The van der Waals surface area contributed by atoms with Crippen molar-refractivity contribution in [1.29, 1.82) is 5.26 Å². The molecule has 0 amide bonds. The first kappa shape index (κ1) is 14.9. The molecule has 2 aromatic rings. The minimum absolute atomic E-state index is 0.428. The summed E-state index contributed by atoms with van der Waals surface area (Å²) in [6.45, 7) is 2.62. The molecule has 1 atom stereocenters. The summed E-state index contributed by atoms with van der Waals surface area (Å²) in [5, 5.41) is 9.23. The molecule has 122 valence electrons. The van der Waals surface area contributed by atoms with E-state index in [4.69, 9.17) is 4.74 Å². The predicted molar refractivity (Wildman–Crippen MR) is 91.0 cm³/mol. The lowest BCUT2D eigenvalue weighted by atomic mass is 10.1. The highest BCUT2D eigenvalue weighted by molar-refractivity contribution is 5.46. The molecule has 1 aliphatic heterocycles. The zero-order valence-electron chi connectivity index (χ0n) is 13.6. The van der Waals surface area contributed by atoms with Gasteiger partial charge in [0.25, 0.3) is 0 Å².